The first-order valence-corrected chi connectivity index (χ1v) is 8.23. The molecule has 3 rings (SSSR count). The van der Waals surface area contributed by atoms with Gasteiger partial charge in [-0.1, -0.05) is 12.1 Å². The lowest BCUT2D eigenvalue weighted by Crippen LogP contribution is -2.38. The molecule has 0 spiro atoms. The number of hydrogen-bond donors (Lipinski definition) is 1. The van der Waals surface area contributed by atoms with E-state index in [1.54, 1.807) is 30.0 Å². The molecule has 2 heterocycles. The molecule has 1 aliphatic rings. The maximum Gasteiger partial charge on any atom is 0.257 e. The standard InChI is InChI=1S/C18H23N3O4/c1-12-15(18(23)20-10-14(24-2)8-13(20)11-22)9-19-21(12)16-6-4-5-7-17(16)25-3/h4-7,9,13-14,22H,8,10-11H2,1-3H3/t13-,14+/m0/s1. The molecule has 0 radical (unpaired) electrons. The summed E-state index contributed by atoms with van der Waals surface area (Å²) >= 11 is 0. The van der Waals surface area contributed by atoms with Crippen molar-refractivity contribution in [3.8, 4) is 11.4 Å². The Morgan fingerprint density at radius 1 is 1.36 bits per heavy atom. The zero-order chi connectivity index (χ0) is 18.0. The van der Waals surface area contributed by atoms with Gasteiger partial charge in [0.1, 0.15) is 11.4 Å². The number of carbonyl (C=O) groups excluding carboxylic acids is 1. The normalized spacial score (nSPS) is 20.1. The van der Waals surface area contributed by atoms with Gasteiger partial charge in [-0.3, -0.25) is 4.79 Å². The highest BCUT2D eigenvalue weighted by atomic mass is 16.5. The van der Waals surface area contributed by atoms with Gasteiger partial charge in [0, 0.05) is 13.7 Å². The van der Waals surface area contributed by atoms with Crippen LogP contribution in [0.15, 0.2) is 30.5 Å². The van der Waals surface area contributed by atoms with Crippen molar-refractivity contribution >= 4 is 5.91 Å². The molecular weight excluding hydrogens is 322 g/mol. The van der Waals surface area contributed by atoms with Crippen LogP contribution in [0.3, 0.4) is 0 Å². The van der Waals surface area contributed by atoms with Gasteiger partial charge in [-0.15, -0.1) is 0 Å². The van der Waals surface area contributed by atoms with E-state index in [0.717, 1.165) is 11.4 Å². The van der Waals surface area contributed by atoms with E-state index in [2.05, 4.69) is 5.10 Å². The van der Waals surface area contributed by atoms with E-state index < -0.39 is 0 Å². The number of benzene rings is 1. The van der Waals surface area contributed by atoms with Crippen molar-refractivity contribution < 1.29 is 19.4 Å². The minimum Gasteiger partial charge on any atom is -0.494 e. The number of hydrogen-bond acceptors (Lipinski definition) is 5. The summed E-state index contributed by atoms with van der Waals surface area (Å²) < 4.78 is 12.4. The first kappa shape index (κ1) is 17.4. The molecule has 0 unspecified atom stereocenters. The summed E-state index contributed by atoms with van der Waals surface area (Å²) in [5.74, 6) is 0.541. The Morgan fingerprint density at radius 3 is 2.80 bits per heavy atom. The molecule has 1 aromatic carbocycles. The summed E-state index contributed by atoms with van der Waals surface area (Å²) in [6.07, 6.45) is 2.16. The number of rotatable bonds is 5. The van der Waals surface area contributed by atoms with E-state index >= 15 is 0 Å². The van der Waals surface area contributed by atoms with Crippen molar-refractivity contribution in [2.75, 3.05) is 27.4 Å². The van der Waals surface area contributed by atoms with Crippen LogP contribution in [0, 0.1) is 6.92 Å². The van der Waals surface area contributed by atoms with E-state index in [4.69, 9.17) is 9.47 Å². The molecule has 2 aromatic rings. The monoisotopic (exact) mass is 345 g/mol. The summed E-state index contributed by atoms with van der Waals surface area (Å²) in [6, 6.07) is 7.29. The highest BCUT2D eigenvalue weighted by Gasteiger charge is 2.36. The van der Waals surface area contributed by atoms with E-state index in [1.165, 1.54) is 0 Å². The molecule has 25 heavy (non-hydrogen) atoms. The van der Waals surface area contributed by atoms with Crippen molar-refractivity contribution in [1.29, 1.82) is 0 Å². The van der Waals surface area contributed by atoms with Gasteiger partial charge in [-0.05, 0) is 25.5 Å². The molecule has 134 valence electrons. The molecule has 1 amide bonds. The number of aliphatic hydroxyl groups is 1. The lowest BCUT2D eigenvalue weighted by molar-refractivity contribution is 0.0647. The third-order valence-electron chi connectivity index (χ3n) is 4.73. The molecule has 1 saturated heterocycles. The number of methoxy groups -OCH3 is 2. The Balaban J connectivity index is 1.92. The van der Waals surface area contributed by atoms with Crippen molar-refractivity contribution in [1.82, 2.24) is 14.7 Å². The van der Waals surface area contributed by atoms with Crippen LogP contribution in [0.4, 0.5) is 0 Å². The molecule has 1 fully saturated rings. The van der Waals surface area contributed by atoms with Crippen LogP contribution < -0.4 is 4.74 Å². The molecule has 1 N–H and O–H groups in total. The van der Waals surface area contributed by atoms with Crippen molar-refractivity contribution in [3.05, 3.63) is 41.7 Å². The zero-order valence-electron chi connectivity index (χ0n) is 14.7. The predicted octanol–water partition coefficient (Wildman–Crippen LogP) is 1.41. The molecule has 0 aliphatic carbocycles. The van der Waals surface area contributed by atoms with E-state index in [0.29, 0.717) is 24.3 Å². The minimum absolute atomic E-state index is 0.0503. The molecule has 0 saturated carbocycles. The van der Waals surface area contributed by atoms with Gasteiger partial charge in [-0.25, -0.2) is 4.68 Å². The summed E-state index contributed by atoms with van der Waals surface area (Å²) in [4.78, 5) is 14.6. The Labute approximate surface area is 146 Å². The van der Waals surface area contributed by atoms with Gasteiger partial charge < -0.3 is 19.5 Å². The molecule has 1 aromatic heterocycles. The highest BCUT2D eigenvalue weighted by Crippen LogP contribution is 2.27. The fourth-order valence-electron chi connectivity index (χ4n) is 3.29. The summed E-state index contributed by atoms with van der Waals surface area (Å²) in [7, 11) is 3.22. The predicted molar refractivity (Wildman–Crippen MR) is 92.2 cm³/mol. The van der Waals surface area contributed by atoms with Gasteiger partial charge in [0.2, 0.25) is 0 Å². The number of nitrogens with zero attached hydrogens (tertiary/aromatic N) is 3. The lowest BCUT2D eigenvalue weighted by Gasteiger charge is -2.22. The van der Waals surface area contributed by atoms with Gasteiger partial charge in [0.05, 0.1) is 43.3 Å². The highest BCUT2D eigenvalue weighted by molar-refractivity contribution is 5.95. The first-order chi connectivity index (χ1) is 12.1. The maximum absolute atomic E-state index is 13.0. The zero-order valence-corrected chi connectivity index (χ0v) is 14.7. The number of amides is 1. The van der Waals surface area contributed by atoms with Gasteiger partial charge in [0.15, 0.2) is 0 Å². The van der Waals surface area contributed by atoms with E-state index in [1.807, 2.05) is 31.2 Å². The average Bonchev–Trinajstić information content (AvgIpc) is 3.24. The summed E-state index contributed by atoms with van der Waals surface area (Å²) in [6.45, 7) is 2.25. The quantitative estimate of drug-likeness (QED) is 0.887. The van der Waals surface area contributed by atoms with Crippen LogP contribution in [0.5, 0.6) is 5.75 Å². The van der Waals surface area contributed by atoms with Crippen LogP contribution in [0.25, 0.3) is 5.69 Å². The SMILES string of the molecule is COc1ccccc1-n1ncc(C(=O)N2C[C@H](OC)C[C@H]2CO)c1C. The molecular formula is C18H23N3O4. The minimum atomic E-state index is -0.230. The topological polar surface area (TPSA) is 76.8 Å². The third-order valence-corrected chi connectivity index (χ3v) is 4.73. The van der Waals surface area contributed by atoms with Crippen LogP contribution in [-0.4, -0.2) is 65.2 Å². The molecule has 7 heteroatoms. The number of likely N-dealkylation sites (tertiary alicyclic amines) is 1. The van der Waals surface area contributed by atoms with E-state index in [-0.39, 0.29) is 24.7 Å². The van der Waals surface area contributed by atoms with Crippen molar-refractivity contribution in [2.45, 2.75) is 25.5 Å². The fourth-order valence-corrected chi connectivity index (χ4v) is 3.29. The number of para-hydroxylation sites is 2. The van der Waals surface area contributed by atoms with Gasteiger partial charge >= 0.3 is 0 Å². The second kappa shape index (κ2) is 7.25. The summed E-state index contributed by atoms with van der Waals surface area (Å²) in [5.41, 5.74) is 2.02. The second-order valence-corrected chi connectivity index (χ2v) is 6.11. The largest absolute Gasteiger partial charge is 0.494 e. The lowest BCUT2D eigenvalue weighted by atomic mass is 10.2. The number of ether oxygens (including phenoxy) is 2. The first-order valence-electron chi connectivity index (χ1n) is 8.23. The Hall–Kier alpha value is -2.38. The number of aromatic nitrogens is 2. The fraction of sp³-hybridized carbons (Fsp3) is 0.444. The smallest absolute Gasteiger partial charge is 0.257 e. The van der Waals surface area contributed by atoms with Crippen LogP contribution in [0.2, 0.25) is 0 Å². The molecule has 1 aliphatic heterocycles. The molecule has 0 bridgehead atoms. The number of aliphatic hydroxyl groups excluding tert-OH is 1. The molecule has 2 atom stereocenters. The van der Waals surface area contributed by atoms with Crippen molar-refractivity contribution in [3.63, 3.8) is 0 Å². The van der Waals surface area contributed by atoms with Gasteiger partial charge in [-0.2, -0.15) is 5.10 Å². The van der Waals surface area contributed by atoms with Gasteiger partial charge in [0.25, 0.3) is 5.91 Å². The Morgan fingerprint density at radius 2 is 2.12 bits per heavy atom. The second-order valence-electron chi connectivity index (χ2n) is 6.11. The van der Waals surface area contributed by atoms with Crippen LogP contribution >= 0.6 is 0 Å². The molecule has 7 nitrogen and oxygen atoms in total. The van der Waals surface area contributed by atoms with Crippen LogP contribution in [0.1, 0.15) is 22.5 Å². The van der Waals surface area contributed by atoms with Crippen molar-refractivity contribution in [2.24, 2.45) is 0 Å². The number of carbonyl (C=O) groups is 1. The summed E-state index contributed by atoms with van der Waals surface area (Å²) in [5, 5.41) is 14.0. The van der Waals surface area contributed by atoms with Crippen LogP contribution in [-0.2, 0) is 4.74 Å². The average molecular weight is 345 g/mol. The Kier molecular flexibility index (Phi) is 5.06. The Bertz CT molecular complexity index is 759. The maximum atomic E-state index is 13.0. The van der Waals surface area contributed by atoms with E-state index in [9.17, 15) is 9.90 Å². The third kappa shape index (κ3) is 3.12.